The molecule has 0 bridgehead atoms. The van der Waals surface area contributed by atoms with Crippen LogP contribution in [0.5, 0.6) is 0 Å². The molecule has 0 unspecified atom stereocenters. The van der Waals surface area contributed by atoms with Gasteiger partial charge in [0, 0.05) is 6.42 Å². The van der Waals surface area contributed by atoms with Gasteiger partial charge in [0.25, 0.3) is 0 Å². The molecule has 1 nitrogen and oxygen atoms in total. The Balaban J connectivity index is 3.14. The molecule has 18 heavy (non-hydrogen) atoms. The smallest absolute Gasteiger partial charge is 0.149 e. The number of thiocarbonyl (C=S) groups is 1. The van der Waals surface area contributed by atoms with Gasteiger partial charge in [0.1, 0.15) is 19.4 Å². The lowest BCUT2D eigenvalue weighted by molar-refractivity contribution is 0.0635. The van der Waals surface area contributed by atoms with Crippen molar-refractivity contribution < 1.29 is 4.74 Å². The Hall–Kier alpha value is -0.853. The molecule has 0 aromatic heterocycles. The van der Waals surface area contributed by atoms with Crippen molar-refractivity contribution in [2.45, 2.75) is 52.4 Å². The fourth-order valence-electron chi connectivity index (χ4n) is 1.37. The van der Waals surface area contributed by atoms with Crippen molar-refractivity contribution in [1.82, 2.24) is 0 Å². The predicted molar refractivity (Wildman–Crippen MR) is 85.3 cm³/mol. The van der Waals surface area contributed by atoms with Crippen molar-refractivity contribution in [1.29, 1.82) is 0 Å². The number of ether oxygens (including phenoxy) is 1. The molecule has 0 saturated carbocycles. The van der Waals surface area contributed by atoms with E-state index in [9.17, 15) is 0 Å². The van der Waals surface area contributed by atoms with E-state index >= 15 is 0 Å². The minimum absolute atomic E-state index is 0.239. The second-order valence-corrected chi connectivity index (χ2v) is 11.7. The Bertz CT molecular complexity index is 461. The molecular formula is C15H22OSSi. The van der Waals surface area contributed by atoms with Gasteiger partial charge in [0.2, 0.25) is 0 Å². The molecule has 1 rings (SSSR count). The minimum Gasteiger partial charge on any atom is -0.486 e. The molecule has 0 N–H and O–H groups in total. The number of allylic oxidation sites excluding steroid dienone is 4. The van der Waals surface area contributed by atoms with Crippen molar-refractivity contribution in [2.24, 2.45) is 0 Å². The maximum atomic E-state index is 5.97. The summed E-state index contributed by atoms with van der Waals surface area (Å²) in [5.41, 5.74) is 4.06. The van der Waals surface area contributed by atoms with Gasteiger partial charge in [-0.1, -0.05) is 43.9 Å². The van der Waals surface area contributed by atoms with Gasteiger partial charge < -0.3 is 4.74 Å². The van der Waals surface area contributed by atoms with E-state index in [1.54, 1.807) is 0 Å². The Kier molecular flexibility index (Phi) is 4.58. The van der Waals surface area contributed by atoms with E-state index in [4.69, 9.17) is 17.0 Å². The molecule has 0 heterocycles. The number of rotatable bonds is 1. The van der Waals surface area contributed by atoms with Crippen LogP contribution in [0.3, 0.4) is 0 Å². The second-order valence-electron chi connectivity index (χ2n) is 6.49. The van der Waals surface area contributed by atoms with Gasteiger partial charge in [0.05, 0.1) is 10.4 Å². The Morgan fingerprint density at radius 2 is 1.89 bits per heavy atom. The lowest BCUT2D eigenvalue weighted by atomic mass is 10.0. The van der Waals surface area contributed by atoms with E-state index in [1.165, 1.54) is 0 Å². The van der Waals surface area contributed by atoms with Crippen LogP contribution in [0.2, 0.25) is 19.6 Å². The molecule has 0 fully saturated rings. The molecular weight excluding hydrogens is 256 g/mol. The summed E-state index contributed by atoms with van der Waals surface area (Å²) in [4.78, 5) is 0.854. The van der Waals surface area contributed by atoms with Gasteiger partial charge in [0.15, 0.2) is 0 Å². The molecule has 0 aromatic rings. The van der Waals surface area contributed by atoms with Gasteiger partial charge in [-0.3, -0.25) is 0 Å². The molecule has 0 atom stereocenters. The summed E-state index contributed by atoms with van der Waals surface area (Å²) >= 11 is 5.39. The first kappa shape index (κ1) is 15.2. The standard InChI is InChI=1S/C15H22OSSi/c1-15(2,3)16-14-12(8-7-9-13(14)17)10-11-18(4,5)6/h7-8H,9H2,1-6H3. The third-order valence-corrected chi connectivity index (χ3v) is 3.29. The monoisotopic (exact) mass is 278 g/mol. The third kappa shape index (κ3) is 5.20. The highest BCUT2D eigenvalue weighted by Crippen LogP contribution is 2.23. The van der Waals surface area contributed by atoms with Crippen LogP contribution < -0.4 is 0 Å². The molecule has 0 aliphatic heterocycles. The average molecular weight is 278 g/mol. The summed E-state index contributed by atoms with van der Waals surface area (Å²) in [6.07, 6.45) is 4.87. The molecule has 0 radical (unpaired) electrons. The van der Waals surface area contributed by atoms with Gasteiger partial charge in [-0.2, -0.15) is 0 Å². The highest BCUT2D eigenvalue weighted by atomic mass is 32.1. The third-order valence-electron chi connectivity index (χ3n) is 2.07. The fraction of sp³-hybridized carbons (Fsp3) is 0.533. The van der Waals surface area contributed by atoms with Crippen LogP contribution in [0.15, 0.2) is 23.5 Å². The van der Waals surface area contributed by atoms with E-state index in [-0.39, 0.29) is 5.60 Å². The first-order chi connectivity index (χ1) is 8.08. The SMILES string of the molecule is CC(C)(C)OC1=C(C#C[Si](C)(C)C)C=CCC1=S. The average Bonchev–Trinajstić information content (AvgIpc) is 2.16. The molecule has 3 heteroatoms. The van der Waals surface area contributed by atoms with Gasteiger partial charge in [-0.15, -0.1) is 5.54 Å². The predicted octanol–water partition coefficient (Wildman–Crippen LogP) is 4.27. The highest BCUT2D eigenvalue weighted by Gasteiger charge is 2.21. The molecule has 0 amide bonds. The summed E-state index contributed by atoms with van der Waals surface area (Å²) < 4.78 is 5.97. The zero-order valence-electron chi connectivity index (χ0n) is 12.2. The molecule has 0 spiro atoms. The van der Waals surface area contributed by atoms with Crippen LogP contribution in [0, 0.1) is 11.5 Å². The summed E-state index contributed by atoms with van der Waals surface area (Å²) in [5.74, 6) is 4.05. The van der Waals surface area contributed by atoms with Crippen LogP contribution in [0.1, 0.15) is 27.2 Å². The fourth-order valence-corrected chi connectivity index (χ4v) is 2.13. The van der Waals surface area contributed by atoms with Crippen molar-refractivity contribution >= 4 is 25.2 Å². The number of hydrogen-bond acceptors (Lipinski definition) is 2. The zero-order valence-corrected chi connectivity index (χ0v) is 14.0. The Morgan fingerprint density at radius 1 is 1.28 bits per heavy atom. The second kappa shape index (κ2) is 5.42. The summed E-state index contributed by atoms with van der Waals surface area (Å²) in [6.45, 7) is 12.8. The topological polar surface area (TPSA) is 9.23 Å². The van der Waals surface area contributed by atoms with Gasteiger partial charge >= 0.3 is 0 Å². The van der Waals surface area contributed by atoms with Crippen LogP contribution >= 0.6 is 12.2 Å². The van der Waals surface area contributed by atoms with Crippen molar-refractivity contribution in [3.05, 3.63) is 23.5 Å². The molecule has 0 aromatic carbocycles. The van der Waals surface area contributed by atoms with E-state index in [0.717, 1.165) is 22.6 Å². The largest absolute Gasteiger partial charge is 0.486 e. The van der Waals surface area contributed by atoms with E-state index in [0.29, 0.717) is 0 Å². The van der Waals surface area contributed by atoms with Crippen LogP contribution in [0.25, 0.3) is 0 Å². The van der Waals surface area contributed by atoms with Gasteiger partial charge in [-0.05, 0) is 26.8 Å². The quantitative estimate of drug-likeness (QED) is 0.402. The van der Waals surface area contributed by atoms with Crippen LogP contribution in [-0.2, 0) is 4.74 Å². The van der Waals surface area contributed by atoms with E-state index in [2.05, 4.69) is 37.2 Å². The van der Waals surface area contributed by atoms with Crippen molar-refractivity contribution in [2.75, 3.05) is 0 Å². The van der Waals surface area contributed by atoms with E-state index in [1.807, 2.05) is 26.8 Å². The lowest BCUT2D eigenvalue weighted by Gasteiger charge is -2.25. The first-order valence-electron chi connectivity index (χ1n) is 6.25. The van der Waals surface area contributed by atoms with Gasteiger partial charge in [-0.25, -0.2) is 0 Å². The first-order valence-corrected chi connectivity index (χ1v) is 10.2. The minimum atomic E-state index is -1.38. The summed E-state index contributed by atoms with van der Waals surface area (Å²) in [6, 6.07) is 0. The van der Waals surface area contributed by atoms with Crippen molar-refractivity contribution in [3.63, 3.8) is 0 Å². The Morgan fingerprint density at radius 3 is 2.39 bits per heavy atom. The Labute approximate surface area is 117 Å². The van der Waals surface area contributed by atoms with Crippen molar-refractivity contribution in [3.8, 4) is 11.5 Å². The molecule has 1 aliphatic rings. The molecule has 1 aliphatic carbocycles. The summed E-state index contributed by atoms with van der Waals surface area (Å²) in [5, 5.41) is 0. The zero-order chi connectivity index (χ0) is 14.0. The van der Waals surface area contributed by atoms with Crippen LogP contribution in [-0.4, -0.2) is 18.5 Å². The normalized spacial score (nSPS) is 16.4. The maximum absolute atomic E-state index is 5.97. The molecule has 0 saturated heterocycles. The number of hydrogen-bond donors (Lipinski definition) is 0. The van der Waals surface area contributed by atoms with Crippen LogP contribution in [0.4, 0.5) is 0 Å². The lowest BCUT2D eigenvalue weighted by Crippen LogP contribution is -2.23. The maximum Gasteiger partial charge on any atom is 0.149 e. The van der Waals surface area contributed by atoms with E-state index < -0.39 is 8.07 Å². The highest BCUT2D eigenvalue weighted by molar-refractivity contribution is 7.80. The summed E-state index contributed by atoms with van der Waals surface area (Å²) in [7, 11) is -1.38. The molecule has 98 valence electrons.